The van der Waals surface area contributed by atoms with E-state index in [1.54, 1.807) is 10.6 Å². The molecule has 0 fully saturated rings. The zero-order valence-electron chi connectivity index (χ0n) is 12.4. The van der Waals surface area contributed by atoms with Crippen LogP contribution in [0.5, 0.6) is 0 Å². The van der Waals surface area contributed by atoms with Crippen LogP contribution in [0.2, 0.25) is 0 Å². The van der Waals surface area contributed by atoms with Crippen molar-refractivity contribution in [3.8, 4) is 0 Å². The van der Waals surface area contributed by atoms with Gasteiger partial charge >= 0.3 is 0 Å². The highest BCUT2D eigenvalue weighted by atomic mass is 32.2. The predicted octanol–water partition coefficient (Wildman–Crippen LogP) is 2.65. The summed E-state index contributed by atoms with van der Waals surface area (Å²) in [5, 5.41) is 5.18. The number of para-hydroxylation sites is 1. The Balaban J connectivity index is 1.93. The number of rotatable bonds is 5. The van der Waals surface area contributed by atoms with Crippen molar-refractivity contribution >= 4 is 22.7 Å². The second-order valence-corrected chi connectivity index (χ2v) is 5.65. The first-order chi connectivity index (χ1) is 10.7. The highest BCUT2D eigenvalue weighted by Gasteiger charge is 2.12. The molecule has 2 heterocycles. The molecule has 0 aliphatic carbocycles. The predicted molar refractivity (Wildman–Crippen MR) is 84.9 cm³/mol. The maximum absolute atomic E-state index is 12.5. The van der Waals surface area contributed by atoms with Crippen LogP contribution in [0.15, 0.2) is 38.7 Å². The molecule has 2 aromatic heterocycles. The van der Waals surface area contributed by atoms with Gasteiger partial charge in [-0.3, -0.25) is 9.36 Å². The molecule has 1 aromatic carbocycles. The molecule has 0 N–H and O–H groups in total. The second-order valence-electron chi connectivity index (χ2n) is 4.71. The largest absolute Gasteiger partial charge is 0.338 e. The van der Waals surface area contributed by atoms with E-state index in [1.165, 1.54) is 11.8 Å². The summed E-state index contributed by atoms with van der Waals surface area (Å²) >= 11 is 1.43. The standard InChI is InChI=1S/C15H16N4O2S/c1-3-12-17-13(21-18-12)9-22-15-16-11-8-6-5-7-10(11)14(20)19(15)4-2/h5-8H,3-4,9H2,1-2H3. The van der Waals surface area contributed by atoms with E-state index >= 15 is 0 Å². The van der Waals surface area contributed by atoms with E-state index in [4.69, 9.17) is 4.52 Å². The maximum atomic E-state index is 12.5. The summed E-state index contributed by atoms with van der Waals surface area (Å²) in [6.45, 7) is 4.48. The zero-order valence-corrected chi connectivity index (χ0v) is 13.3. The molecule has 22 heavy (non-hydrogen) atoms. The topological polar surface area (TPSA) is 73.8 Å². The van der Waals surface area contributed by atoms with Crippen molar-refractivity contribution in [2.45, 2.75) is 37.7 Å². The first kappa shape index (κ1) is 14.8. The molecule has 0 aliphatic heterocycles. The molecule has 114 valence electrons. The molecule has 0 unspecified atom stereocenters. The minimum Gasteiger partial charge on any atom is -0.338 e. The smallest absolute Gasteiger partial charge is 0.262 e. The number of aromatic nitrogens is 4. The average Bonchev–Trinajstić information content (AvgIpc) is 3.01. The Bertz CT molecular complexity index is 856. The van der Waals surface area contributed by atoms with Gasteiger partial charge in [0.05, 0.1) is 16.7 Å². The summed E-state index contributed by atoms with van der Waals surface area (Å²) in [7, 11) is 0. The lowest BCUT2D eigenvalue weighted by Crippen LogP contribution is -2.22. The summed E-state index contributed by atoms with van der Waals surface area (Å²) in [5.74, 6) is 1.74. The van der Waals surface area contributed by atoms with Crippen molar-refractivity contribution in [2.75, 3.05) is 0 Å². The number of nitrogens with zero attached hydrogens (tertiary/aromatic N) is 4. The summed E-state index contributed by atoms with van der Waals surface area (Å²) in [5.41, 5.74) is 0.690. The molecule has 3 aromatic rings. The van der Waals surface area contributed by atoms with Crippen LogP contribution in [0.25, 0.3) is 10.9 Å². The fourth-order valence-corrected chi connectivity index (χ4v) is 3.06. The Hall–Kier alpha value is -2.15. The van der Waals surface area contributed by atoms with Crippen molar-refractivity contribution in [1.29, 1.82) is 0 Å². The molecular formula is C15H16N4O2S. The van der Waals surface area contributed by atoms with Crippen LogP contribution in [0.3, 0.4) is 0 Å². The molecule has 7 heteroatoms. The Morgan fingerprint density at radius 1 is 1.23 bits per heavy atom. The summed E-state index contributed by atoms with van der Waals surface area (Å²) in [4.78, 5) is 21.4. The van der Waals surface area contributed by atoms with Gasteiger partial charge in [0.25, 0.3) is 5.56 Å². The van der Waals surface area contributed by atoms with Gasteiger partial charge in [-0.2, -0.15) is 4.98 Å². The van der Waals surface area contributed by atoms with Crippen LogP contribution in [0, 0.1) is 0 Å². The summed E-state index contributed by atoms with van der Waals surface area (Å²) < 4.78 is 6.84. The van der Waals surface area contributed by atoms with Crippen LogP contribution in [0.4, 0.5) is 0 Å². The molecule has 0 bridgehead atoms. The normalized spacial score (nSPS) is 11.2. The Morgan fingerprint density at radius 2 is 2.05 bits per heavy atom. The van der Waals surface area contributed by atoms with Crippen LogP contribution in [-0.4, -0.2) is 19.7 Å². The lowest BCUT2D eigenvalue weighted by atomic mass is 10.2. The number of aryl methyl sites for hydroxylation is 1. The van der Waals surface area contributed by atoms with Gasteiger partial charge in [0.1, 0.15) is 0 Å². The summed E-state index contributed by atoms with van der Waals surface area (Å²) in [6, 6.07) is 7.38. The number of hydrogen-bond acceptors (Lipinski definition) is 6. The van der Waals surface area contributed by atoms with Gasteiger partial charge in [0, 0.05) is 13.0 Å². The van der Waals surface area contributed by atoms with Crippen LogP contribution < -0.4 is 5.56 Å². The van der Waals surface area contributed by atoms with Crippen molar-refractivity contribution in [1.82, 2.24) is 19.7 Å². The fraction of sp³-hybridized carbons (Fsp3) is 0.333. The number of benzene rings is 1. The lowest BCUT2D eigenvalue weighted by Gasteiger charge is -2.10. The number of fused-ring (bicyclic) bond motifs is 1. The number of hydrogen-bond donors (Lipinski definition) is 0. The van der Waals surface area contributed by atoms with Crippen molar-refractivity contribution < 1.29 is 4.52 Å². The van der Waals surface area contributed by atoms with Crippen LogP contribution >= 0.6 is 11.8 Å². The number of thioether (sulfide) groups is 1. The minimum absolute atomic E-state index is 0.0182. The van der Waals surface area contributed by atoms with Gasteiger partial charge in [-0.25, -0.2) is 4.98 Å². The van der Waals surface area contributed by atoms with Crippen LogP contribution in [0.1, 0.15) is 25.6 Å². The van der Waals surface area contributed by atoms with E-state index in [0.717, 1.165) is 6.42 Å². The van der Waals surface area contributed by atoms with E-state index in [-0.39, 0.29) is 5.56 Å². The van der Waals surface area contributed by atoms with E-state index in [0.29, 0.717) is 40.1 Å². The molecule has 0 spiro atoms. The SMILES string of the molecule is CCc1noc(CSc2nc3ccccc3c(=O)n2CC)n1. The van der Waals surface area contributed by atoms with Gasteiger partial charge in [-0.1, -0.05) is 36.0 Å². The van der Waals surface area contributed by atoms with Gasteiger partial charge in [-0.05, 0) is 19.1 Å². The van der Waals surface area contributed by atoms with Gasteiger partial charge in [-0.15, -0.1) is 0 Å². The third-order valence-electron chi connectivity index (χ3n) is 3.29. The molecule has 0 radical (unpaired) electrons. The van der Waals surface area contributed by atoms with E-state index in [9.17, 15) is 4.79 Å². The Labute approximate surface area is 131 Å². The highest BCUT2D eigenvalue weighted by molar-refractivity contribution is 7.98. The lowest BCUT2D eigenvalue weighted by molar-refractivity contribution is 0.385. The molecule has 6 nitrogen and oxygen atoms in total. The first-order valence-electron chi connectivity index (χ1n) is 7.16. The van der Waals surface area contributed by atoms with Crippen molar-refractivity contribution in [2.24, 2.45) is 0 Å². The molecule has 0 atom stereocenters. The van der Waals surface area contributed by atoms with Gasteiger partial charge in [0.15, 0.2) is 11.0 Å². The Kier molecular flexibility index (Phi) is 4.24. The third-order valence-corrected chi connectivity index (χ3v) is 4.26. The quantitative estimate of drug-likeness (QED) is 0.532. The average molecular weight is 316 g/mol. The fourth-order valence-electron chi connectivity index (χ4n) is 2.16. The Morgan fingerprint density at radius 3 is 2.77 bits per heavy atom. The summed E-state index contributed by atoms with van der Waals surface area (Å²) in [6.07, 6.45) is 0.738. The molecule has 0 saturated heterocycles. The van der Waals surface area contributed by atoms with Gasteiger partial charge in [0.2, 0.25) is 5.89 Å². The minimum atomic E-state index is -0.0182. The monoisotopic (exact) mass is 316 g/mol. The van der Waals surface area contributed by atoms with E-state index in [1.807, 2.05) is 32.0 Å². The molecule has 0 aliphatic rings. The van der Waals surface area contributed by atoms with Crippen molar-refractivity contribution in [3.05, 3.63) is 46.3 Å². The van der Waals surface area contributed by atoms with Gasteiger partial charge < -0.3 is 4.52 Å². The molecular weight excluding hydrogens is 300 g/mol. The molecule has 3 rings (SSSR count). The van der Waals surface area contributed by atoms with Crippen molar-refractivity contribution in [3.63, 3.8) is 0 Å². The molecule has 0 amide bonds. The zero-order chi connectivity index (χ0) is 15.5. The molecule has 0 saturated carbocycles. The third kappa shape index (κ3) is 2.76. The maximum Gasteiger partial charge on any atom is 0.262 e. The van der Waals surface area contributed by atoms with E-state index in [2.05, 4.69) is 15.1 Å². The second kappa shape index (κ2) is 6.31. The van der Waals surface area contributed by atoms with Crippen LogP contribution in [-0.2, 0) is 18.7 Å². The van der Waals surface area contributed by atoms with E-state index < -0.39 is 0 Å². The first-order valence-corrected chi connectivity index (χ1v) is 8.15. The highest BCUT2D eigenvalue weighted by Crippen LogP contribution is 2.21.